The van der Waals surface area contributed by atoms with Gasteiger partial charge in [-0.3, -0.25) is 14.7 Å². The molecule has 1 saturated heterocycles. The summed E-state index contributed by atoms with van der Waals surface area (Å²) in [4.78, 5) is 21.3. The Hall–Kier alpha value is -2.90. The van der Waals surface area contributed by atoms with Crippen LogP contribution in [0, 0.1) is 0 Å². The van der Waals surface area contributed by atoms with Crippen molar-refractivity contribution in [1.82, 2.24) is 19.4 Å². The third-order valence-corrected chi connectivity index (χ3v) is 7.67. The number of carbonyl (C=O) groups excluding carboxylic acids is 1. The summed E-state index contributed by atoms with van der Waals surface area (Å²) in [5.74, 6) is 0.824. The number of carbonyl (C=O) groups is 1. The first-order chi connectivity index (χ1) is 16.0. The summed E-state index contributed by atoms with van der Waals surface area (Å²) in [5, 5.41) is 11.6. The quantitative estimate of drug-likeness (QED) is 0.664. The van der Waals surface area contributed by atoms with Crippen LogP contribution in [-0.4, -0.2) is 63.7 Å². The molecule has 0 radical (unpaired) electrons. The summed E-state index contributed by atoms with van der Waals surface area (Å²) < 4.78 is 7.65. The molecule has 3 aromatic rings. The van der Waals surface area contributed by atoms with Gasteiger partial charge in [-0.1, -0.05) is 6.07 Å². The van der Waals surface area contributed by atoms with Crippen molar-refractivity contribution in [2.75, 3.05) is 33.4 Å². The number of fused-ring (bicyclic) bond motifs is 4. The predicted octanol–water partition coefficient (Wildman–Crippen LogP) is 3.01. The van der Waals surface area contributed by atoms with Crippen molar-refractivity contribution in [3.8, 4) is 5.75 Å². The van der Waals surface area contributed by atoms with Crippen LogP contribution in [0.5, 0.6) is 5.75 Å². The maximum atomic E-state index is 12.7. The van der Waals surface area contributed by atoms with E-state index in [1.165, 1.54) is 16.5 Å². The second kappa shape index (κ2) is 8.47. The monoisotopic (exact) mass is 448 g/mol. The van der Waals surface area contributed by atoms with Crippen molar-refractivity contribution in [3.63, 3.8) is 0 Å². The number of rotatable bonds is 4. The summed E-state index contributed by atoms with van der Waals surface area (Å²) >= 11 is 0. The number of ether oxygens (including phenoxy) is 1. The fourth-order valence-electron chi connectivity index (χ4n) is 5.99. The number of aliphatic hydroxyl groups excluding tert-OH is 1. The maximum Gasteiger partial charge on any atom is 0.220 e. The first kappa shape index (κ1) is 21.9. The average molecular weight is 449 g/mol. The number of hydrogen-bond acceptors (Lipinski definition) is 5. The molecule has 4 heterocycles. The highest BCUT2D eigenvalue weighted by atomic mass is 16.5. The Balaban J connectivity index is 1.57. The van der Waals surface area contributed by atoms with E-state index < -0.39 is 0 Å². The molecule has 2 aliphatic rings. The van der Waals surface area contributed by atoms with Crippen LogP contribution in [0.3, 0.4) is 0 Å². The second-order valence-electron chi connectivity index (χ2n) is 9.47. The molecule has 5 rings (SSSR count). The largest absolute Gasteiger partial charge is 0.497 e. The summed E-state index contributed by atoms with van der Waals surface area (Å²) in [6, 6.07) is 10.00. The zero-order valence-corrected chi connectivity index (χ0v) is 19.6. The van der Waals surface area contributed by atoms with Gasteiger partial charge in [0, 0.05) is 62.0 Å². The Bertz CT molecular complexity index is 1170. The Morgan fingerprint density at radius 1 is 1.27 bits per heavy atom. The molecule has 2 aliphatic heterocycles. The van der Waals surface area contributed by atoms with Crippen LogP contribution in [0.2, 0.25) is 0 Å². The van der Waals surface area contributed by atoms with Crippen LogP contribution in [-0.2, 0) is 23.8 Å². The summed E-state index contributed by atoms with van der Waals surface area (Å²) in [5.41, 5.74) is 4.54. The third-order valence-electron chi connectivity index (χ3n) is 7.67. The number of likely N-dealkylation sites (tertiary alicyclic amines) is 1. The van der Waals surface area contributed by atoms with E-state index in [0.717, 1.165) is 49.4 Å². The van der Waals surface area contributed by atoms with Gasteiger partial charge in [0.05, 0.1) is 25.3 Å². The predicted molar refractivity (Wildman–Crippen MR) is 127 cm³/mol. The standard InChI is InChI=1S/C26H32N4O3/c1-18(32)30-17-26(8-11-29(12-9-26)15-19-5-4-10-27-14-19)24-21-7-6-20(33-3)13-22(21)28(2)25(24)23(30)16-31/h4-7,10,13-14,23,31H,8-9,11-12,15-17H2,1-3H3/t23-/m1/s1. The van der Waals surface area contributed by atoms with Gasteiger partial charge in [0.25, 0.3) is 0 Å². The number of nitrogens with zero attached hydrogens (tertiary/aromatic N) is 4. The molecule has 174 valence electrons. The highest BCUT2D eigenvalue weighted by Gasteiger charge is 2.48. The molecule has 2 aromatic heterocycles. The fraction of sp³-hybridized carbons (Fsp3) is 0.462. The van der Waals surface area contributed by atoms with Gasteiger partial charge in [0.2, 0.25) is 5.91 Å². The minimum atomic E-state index is -0.333. The molecule has 1 aromatic carbocycles. The van der Waals surface area contributed by atoms with Crippen molar-refractivity contribution < 1.29 is 14.6 Å². The molecular weight excluding hydrogens is 416 g/mol. The first-order valence-corrected chi connectivity index (χ1v) is 11.6. The number of aromatic nitrogens is 2. The molecule has 0 bridgehead atoms. The molecule has 1 N–H and O–H groups in total. The lowest BCUT2D eigenvalue weighted by molar-refractivity contribution is -0.135. The Kier molecular flexibility index (Phi) is 5.62. The van der Waals surface area contributed by atoms with E-state index in [1.807, 2.05) is 36.5 Å². The summed E-state index contributed by atoms with van der Waals surface area (Å²) in [6.45, 7) is 4.97. The van der Waals surface area contributed by atoms with Crippen LogP contribution < -0.4 is 4.74 Å². The molecule has 1 atom stereocenters. The molecule has 7 nitrogen and oxygen atoms in total. The smallest absolute Gasteiger partial charge is 0.220 e. The number of aliphatic hydroxyl groups is 1. The molecule has 0 aliphatic carbocycles. The van der Waals surface area contributed by atoms with E-state index in [1.54, 1.807) is 14.0 Å². The lowest BCUT2D eigenvalue weighted by Crippen LogP contribution is -2.55. The van der Waals surface area contributed by atoms with Crippen molar-refractivity contribution in [3.05, 3.63) is 59.5 Å². The highest BCUT2D eigenvalue weighted by Crippen LogP contribution is 2.50. The molecule has 1 amide bonds. The number of hydrogen-bond donors (Lipinski definition) is 1. The fourth-order valence-corrected chi connectivity index (χ4v) is 5.99. The highest BCUT2D eigenvalue weighted by molar-refractivity contribution is 5.89. The molecule has 7 heteroatoms. The van der Waals surface area contributed by atoms with Crippen LogP contribution in [0.1, 0.15) is 42.6 Å². The topological polar surface area (TPSA) is 70.8 Å². The van der Waals surface area contributed by atoms with Gasteiger partial charge in [0.15, 0.2) is 0 Å². The normalized spacial score (nSPS) is 20.2. The number of benzene rings is 1. The van der Waals surface area contributed by atoms with Gasteiger partial charge in [-0.05, 0) is 55.3 Å². The van der Waals surface area contributed by atoms with Crippen LogP contribution in [0.15, 0.2) is 42.7 Å². The van der Waals surface area contributed by atoms with Crippen LogP contribution >= 0.6 is 0 Å². The number of piperidine rings is 1. The van der Waals surface area contributed by atoms with Crippen LogP contribution in [0.4, 0.5) is 0 Å². The SMILES string of the molecule is COc1ccc2c3c(n(C)c2c1)[C@@H](CO)N(C(C)=O)CC31CCN(Cc2cccnc2)CC1. The van der Waals surface area contributed by atoms with E-state index in [-0.39, 0.29) is 24.0 Å². The molecule has 33 heavy (non-hydrogen) atoms. The van der Waals surface area contributed by atoms with E-state index in [0.29, 0.717) is 6.54 Å². The van der Waals surface area contributed by atoms with Gasteiger partial charge < -0.3 is 19.3 Å². The van der Waals surface area contributed by atoms with Gasteiger partial charge in [-0.2, -0.15) is 0 Å². The minimum absolute atomic E-state index is 0.0136. The molecule has 1 fully saturated rings. The first-order valence-electron chi connectivity index (χ1n) is 11.6. The lowest BCUT2D eigenvalue weighted by atomic mass is 9.68. The minimum Gasteiger partial charge on any atom is -0.497 e. The van der Waals surface area contributed by atoms with Gasteiger partial charge in [0.1, 0.15) is 5.75 Å². The maximum absolute atomic E-state index is 12.7. The zero-order valence-electron chi connectivity index (χ0n) is 19.6. The molecule has 1 spiro atoms. The van der Waals surface area contributed by atoms with E-state index in [2.05, 4.69) is 32.7 Å². The third kappa shape index (κ3) is 3.60. The van der Waals surface area contributed by atoms with Crippen molar-refractivity contribution in [1.29, 1.82) is 0 Å². The van der Waals surface area contributed by atoms with Crippen LogP contribution in [0.25, 0.3) is 10.9 Å². The lowest BCUT2D eigenvalue weighted by Gasteiger charge is -2.50. The Labute approximate surface area is 194 Å². The van der Waals surface area contributed by atoms with Gasteiger partial charge in [-0.15, -0.1) is 0 Å². The van der Waals surface area contributed by atoms with Gasteiger partial charge >= 0.3 is 0 Å². The molecule has 0 saturated carbocycles. The van der Waals surface area contributed by atoms with Crippen molar-refractivity contribution in [2.24, 2.45) is 7.05 Å². The summed E-state index contributed by atoms with van der Waals surface area (Å²) in [6.07, 6.45) is 5.67. The Morgan fingerprint density at radius 3 is 2.70 bits per heavy atom. The average Bonchev–Trinajstić information content (AvgIpc) is 3.14. The zero-order chi connectivity index (χ0) is 23.2. The molecular formula is C26H32N4O3. The second-order valence-corrected chi connectivity index (χ2v) is 9.47. The molecule has 0 unspecified atom stereocenters. The number of aryl methyl sites for hydroxylation is 1. The number of amides is 1. The van der Waals surface area contributed by atoms with Crippen molar-refractivity contribution in [2.45, 2.75) is 37.8 Å². The van der Waals surface area contributed by atoms with E-state index in [9.17, 15) is 9.90 Å². The van der Waals surface area contributed by atoms with E-state index >= 15 is 0 Å². The number of pyridine rings is 1. The number of methoxy groups -OCH3 is 1. The van der Waals surface area contributed by atoms with E-state index in [4.69, 9.17) is 4.74 Å². The summed E-state index contributed by atoms with van der Waals surface area (Å²) in [7, 11) is 3.72. The van der Waals surface area contributed by atoms with Crippen molar-refractivity contribution >= 4 is 16.8 Å². The van der Waals surface area contributed by atoms with Gasteiger partial charge in [-0.25, -0.2) is 0 Å². The Morgan fingerprint density at radius 2 is 2.06 bits per heavy atom.